The average molecular weight is 374 g/mol. The number of halogens is 1. The van der Waals surface area contributed by atoms with Crippen LogP contribution in [-0.2, 0) is 11.3 Å². The van der Waals surface area contributed by atoms with E-state index in [1.165, 1.54) is 28.4 Å². The standard InChI is InChI=1S/C18H19FN4O2S/c1-11-14-8-15(17(25)20-9-16(24)22(2)3)26-18(14)23(21-11)10-12-4-6-13(19)7-5-12/h4-8H,9-10H2,1-3H3,(H,20,25). The maximum atomic E-state index is 13.1. The molecule has 136 valence electrons. The fourth-order valence-electron chi connectivity index (χ4n) is 2.50. The van der Waals surface area contributed by atoms with Crippen LogP contribution in [-0.4, -0.2) is 47.1 Å². The molecule has 8 heteroatoms. The van der Waals surface area contributed by atoms with E-state index in [-0.39, 0.29) is 24.2 Å². The van der Waals surface area contributed by atoms with Crippen molar-refractivity contribution in [2.24, 2.45) is 0 Å². The third-order valence-electron chi connectivity index (χ3n) is 3.98. The van der Waals surface area contributed by atoms with Crippen LogP contribution in [0.3, 0.4) is 0 Å². The minimum atomic E-state index is -0.283. The molecule has 3 rings (SSSR count). The lowest BCUT2D eigenvalue weighted by Gasteiger charge is -2.10. The summed E-state index contributed by atoms with van der Waals surface area (Å²) in [6.07, 6.45) is 0. The lowest BCUT2D eigenvalue weighted by Crippen LogP contribution is -2.35. The molecule has 0 bridgehead atoms. The van der Waals surface area contributed by atoms with Gasteiger partial charge in [0, 0.05) is 19.5 Å². The van der Waals surface area contributed by atoms with Crippen LogP contribution < -0.4 is 5.32 Å². The Kier molecular flexibility index (Phi) is 5.03. The van der Waals surface area contributed by atoms with Gasteiger partial charge >= 0.3 is 0 Å². The van der Waals surface area contributed by atoms with Crippen molar-refractivity contribution in [2.45, 2.75) is 13.5 Å². The van der Waals surface area contributed by atoms with Crippen LogP contribution in [0.4, 0.5) is 4.39 Å². The second-order valence-electron chi connectivity index (χ2n) is 6.17. The summed E-state index contributed by atoms with van der Waals surface area (Å²) in [7, 11) is 3.28. The third-order valence-corrected chi connectivity index (χ3v) is 5.12. The largest absolute Gasteiger partial charge is 0.347 e. The highest BCUT2D eigenvalue weighted by Gasteiger charge is 2.17. The van der Waals surface area contributed by atoms with Gasteiger partial charge in [-0.25, -0.2) is 4.39 Å². The van der Waals surface area contributed by atoms with Gasteiger partial charge in [0.1, 0.15) is 10.6 Å². The Labute approximate surface area is 154 Å². The zero-order chi connectivity index (χ0) is 18.8. The Hall–Kier alpha value is -2.74. The fourth-order valence-corrected chi connectivity index (χ4v) is 3.57. The van der Waals surface area contributed by atoms with Gasteiger partial charge in [-0.3, -0.25) is 14.3 Å². The van der Waals surface area contributed by atoms with Crippen molar-refractivity contribution < 1.29 is 14.0 Å². The van der Waals surface area contributed by atoms with Crippen molar-refractivity contribution in [3.05, 3.63) is 52.3 Å². The van der Waals surface area contributed by atoms with E-state index in [9.17, 15) is 14.0 Å². The van der Waals surface area contributed by atoms with Crippen LogP contribution in [0.15, 0.2) is 30.3 Å². The highest BCUT2D eigenvalue weighted by atomic mass is 32.1. The van der Waals surface area contributed by atoms with Crippen LogP contribution in [0.25, 0.3) is 10.2 Å². The van der Waals surface area contributed by atoms with E-state index in [2.05, 4.69) is 10.4 Å². The number of benzene rings is 1. The maximum Gasteiger partial charge on any atom is 0.261 e. The number of hydrogen-bond acceptors (Lipinski definition) is 4. The van der Waals surface area contributed by atoms with Gasteiger partial charge in [-0.1, -0.05) is 12.1 Å². The molecule has 0 atom stereocenters. The number of aromatic nitrogens is 2. The molecule has 0 saturated heterocycles. The van der Waals surface area contributed by atoms with E-state index < -0.39 is 0 Å². The van der Waals surface area contributed by atoms with Crippen molar-refractivity contribution in [1.82, 2.24) is 20.0 Å². The highest BCUT2D eigenvalue weighted by molar-refractivity contribution is 7.20. The van der Waals surface area contributed by atoms with E-state index in [0.717, 1.165) is 21.5 Å². The van der Waals surface area contributed by atoms with Gasteiger partial charge in [-0.05, 0) is 30.7 Å². The summed E-state index contributed by atoms with van der Waals surface area (Å²) in [6.45, 7) is 2.33. The van der Waals surface area contributed by atoms with Crippen LogP contribution in [0.1, 0.15) is 20.9 Å². The van der Waals surface area contributed by atoms with Crippen molar-refractivity contribution in [3.8, 4) is 0 Å². The monoisotopic (exact) mass is 374 g/mol. The van der Waals surface area contributed by atoms with Crippen LogP contribution in [0, 0.1) is 12.7 Å². The Morgan fingerprint density at radius 3 is 2.62 bits per heavy atom. The molecule has 0 radical (unpaired) electrons. The van der Waals surface area contributed by atoms with Crippen molar-refractivity contribution in [3.63, 3.8) is 0 Å². The number of nitrogens with zero attached hydrogens (tertiary/aromatic N) is 3. The van der Waals surface area contributed by atoms with E-state index in [1.54, 1.807) is 32.3 Å². The van der Waals surface area contributed by atoms with Crippen molar-refractivity contribution in [2.75, 3.05) is 20.6 Å². The van der Waals surface area contributed by atoms with Crippen LogP contribution in [0.2, 0.25) is 0 Å². The number of carbonyl (C=O) groups is 2. The highest BCUT2D eigenvalue weighted by Crippen LogP contribution is 2.28. The first-order valence-corrected chi connectivity index (χ1v) is 8.86. The SMILES string of the molecule is Cc1nn(Cc2ccc(F)cc2)c2sc(C(=O)NCC(=O)N(C)C)cc12. The van der Waals surface area contributed by atoms with Gasteiger partial charge in [0.15, 0.2) is 0 Å². The van der Waals surface area contributed by atoms with Crippen LogP contribution >= 0.6 is 11.3 Å². The summed E-state index contributed by atoms with van der Waals surface area (Å²) >= 11 is 1.32. The van der Waals surface area contributed by atoms with E-state index in [0.29, 0.717) is 11.4 Å². The topological polar surface area (TPSA) is 67.2 Å². The van der Waals surface area contributed by atoms with E-state index >= 15 is 0 Å². The molecule has 0 aliphatic heterocycles. The molecule has 1 aromatic carbocycles. The molecule has 0 aliphatic rings. The summed E-state index contributed by atoms with van der Waals surface area (Å²) in [5, 5.41) is 8.04. The second kappa shape index (κ2) is 7.25. The number of carbonyl (C=O) groups excluding carboxylic acids is 2. The molecular formula is C18H19FN4O2S. The molecule has 0 saturated carbocycles. The zero-order valence-electron chi connectivity index (χ0n) is 14.7. The number of amides is 2. The number of rotatable bonds is 5. The predicted octanol–water partition coefficient (Wildman–Crippen LogP) is 2.41. The number of thiophene rings is 1. The molecule has 0 fully saturated rings. The van der Waals surface area contributed by atoms with Crippen molar-refractivity contribution >= 4 is 33.4 Å². The Morgan fingerprint density at radius 2 is 1.96 bits per heavy atom. The first kappa shape index (κ1) is 18.1. The Morgan fingerprint density at radius 1 is 1.27 bits per heavy atom. The summed E-state index contributed by atoms with van der Waals surface area (Å²) in [6, 6.07) is 8.05. The molecule has 0 spiro atoms. The number of likely N-dealkylation sites (N-methyl/N-ethyl adjacent to an activating group) is 1. The number of hydrogen-bond donors (Lipinski definition) is 1. The number of fused-ring (bicyclic) bond motifs is 1. The first-order chi connectivity index (χ1) is 12.3. The summed E-state index contributed by atoms with van der Waals surface area (Å²) < 4.78 is 14.9. The minimum absolute atomic E-state index is 0.0409. The van der Waals surface area contributed by atoms with Gasteiger partial charge in [-0.15, -0.1) is 11.3 Å². The summed E-state index contributed by atoms with van der Waals surface area (Å²) in [5.41, 5.74) is 1.74. The molecule has 1 N–H and O–H groups in total. The molecule has 6 nitrogen and oxygen atoms in total. The van der Waals surface area contributed by atoms with Gasteiger partial charge in [0.05, 0.1) is 23.7 Å². The fraction of sp³-hybridized carbons (Fsp3) is 0.278. The molecule has 0 unspecified atom stereocenters. The van der Waals surface area contributed by atoms with E-state index in [4.69, 9.17) is 0 Å². The first-order valence-electron chi connectivity index (χ1n) is 8.05. The van der Waals surface area contributed by atoms with Gasteiger partial charge in [-0.2, -0.15) is 5.10 Å². The third kappa shape index (κ3) is 3.75. The molecule has 2 aromatic heterocycles. The second-order valence-corrected chi connectivity index (χ2v) is 7.20. The van der Waals surface area contributed by atoms with Crippen molar-refractivity contribution in [1.29, 1.82) is 0 Å². The molecule has 0 aliphatic carbocycles. The maximum absolute atomic E-state index is 13.1. The Balaban J connectivity index is 1.81. The molecule has 2 amide bonds. The summed E-state index contributed by atoms with van der Waals surface area (Å²) in [4.78, 5) is 26.8. The zero-order valence-corrected chi connectivity index (χ0v) is 15.6. The Bertz CT molecular complexity index is 960. The molecular weight excluding hydrogens is 355 g/mol. The molecule has 2 heterocycles. The molecule has 26 heavy (non-hydrogen) atoms. The van der Waals surface area contributed by atoms with Gasteiger partial charge in [0.25, 0.3) is 5.91 Å². The predicted molar refractivity (Wildman–Crippen MR) is 98.9 cm³/mol. The smallest absolute Gasteiger partial charge is 0.261 e. The summed E-state index contributed by atoms with van der Waals surface area (Å²) in [5.74, 6) is -0.731. The normalized spacial score (nSPS) is 10.9. The average Bonchev–Trinajstić information content (AvgIpc) is 3.16. The lowest BCUT2D eigenvalue weighted by molar-refractivity contribution is -0.127. The van der Waals surface area contributed by atoms with Gasteiger partial charge < -0.3 is 10.2 Å². The molecule has 3 aromatic rings. The minimum Gasteiger partial charge on any atom is -0.347 e. The number of aryl methyl sites for hydroxylation is 1. The van der Waals surface area contributed by atoms with Crippen LogP contribution in [0.5, 0.6) is 0 Å². The number of nitrogens with one attached hydrogen (secondary N) is 1. The lowest BCUT2D eigenvalue weighted by atomic mass is 10.2. The van der Waals surface area contributed by atoms with E-state index in [1.807, 2.05) is 11.6 Å². The van der Waals surface area contributed by atoms with Gasteiger partial charge in [0.2, 0.25) is 5.91 Å². The quantitative estimate of drug-likeness (QED) is 0.746.